The minimum Gasteiger partial charge on any atom is -0.307 e. The fraction of sp³-hybridized carbons (Fsp3) is 0.241. The maximum absolute atomic E-state index is 2.66. The fourth-order valence-corrected chi connectivity index (χ4v) is 12.0. The first kappa shape index (κ1) is 38.9. The van der Waals surface area contributed by atoms with Crippen molar-refractivity contribution in [1.29, 1.82) is 0 Å². The lowest BCUT2D eigenvalue weighted by atomic mass is 9.33. The fourth-order valence-electron chi connectivity index (χ4n) is 12.0. The van der Waals surface area contributed by atoms with Crippen LogP contribution in [0.2, 0.25) is 0 Å². The third-order valence-electron chi connectivity index (χ3n) is 14.5. The summed E-state index contributed by atoms with van der Waals surface area (Å²) in [7, 11) is 0. The van der Waals surface area contributed by atoms with Gasteiger partial charge in [0.05, 0.1) is 22.7 Å². The molecule has 0 bridgehead atoms. The van der Waals surface area contributed by atoms with Crippen molar-refractivity contribution < 1.29 is 0 Å². The molecule has 11 rings (SSSR count). The lowest BCUT2D eigenvalue weighted by Gasteiger charge is -2.49. The van der Waals surface area contributed by atoms with E-state index in [-0.39, 0.29) is 13.4 Å². The monoisotopic (exact) mass is 802 g/mol. The first-order chi connectivity index (χ1) is 30.1. The molecule has 0 aliphatic carbocycles. The van der Waals surface area contributed by atoms with Gasteiger partial charge in [0.1, 0.15) is 0 Å². The van der Waals surface area contributed by atoms with E-state index in [1.807, 2.05) is 0 Å². The number of benzene rings is 8. The van der Waals surface area contributed by atoms with Crippen LogP contribution in [0.1, 0.15) is 84.0 Å². The highest BCUT2D eigenvalue weighted by Crippen LogP contribution is 2.55. The number of hydrogen-bond acceptors (Lipinski definition) is 2. The zero-order valence-corrected chi connectivity index (χ0v) is 37.8. The molecule has 3 aliphatic rings. The zero-order valence-electron chi connectivity index (χ0n) is 37.8. The summed E-state index contributed by atoms with van der Waals surface area (Å²) in [5, 5.41) is 5.27. The predicted molar refractivity (Wildman–Crippen MR) is 272 cm³/mol. The summed E-state index contributed by atoms with van der Waals surface area (Å²) in [4.78, 5) is 5.32. The Balaban J connectivity index is 1.23. The highest BCUT2D eigenvalue weighted by molar-refractivity contribution is 7.00. The number of para-hydroxylation sites is 2. The molecule has 2 nitrogen and oxygen atoms in total. The van der Waals surface area contributed by atoms with Crippen LogP contribution in [-0.2, 0) is 12.8 Å². The van der Waals surface area contributed by atoms with Crippen molar-refractivity contribution in [2.75, 3.05) is 9.80 Å². The average molecular weight is 803 g/mol. The van der Waals surface area contributed by atoms with Crippen LogP contribution in [0.25, 0.3) is 21.5 Å². The second kappa shape index (κ2) is 14.8. The third-order valence-corrected chi connectivity index (χ3v) is 14.5. The Hall–Kier alpha value is -5.99. The highest BCUT2D eigenvalue weighted by Gasteiger charge is 2.47. The molecule has 0 saturated carbocycles. The SMILES string of the molecule is CCCCc1ccc2cc3c(cc2c1)B(c1c(C)cc(C)cc1C)c1cccc2c1N3c1cccc3c1N2c1cc2ccc(CCCC)cc2cc1B3c1c(C)cc(C)cc1C. The van der Waals surface area contributed by atoms with Crippen molar-refractivity contribution in [3.8, 4) is 0 Å². The maximum Gasteiger partial charge on any atom is 0.247 e. The molecule has 0 spiro atoms. The molecule has 8 aromatic rings. The van der Waals surface area contributed by atoms with Crippen LogP contribution in [0.4, 0.5) is 34.1 Å². The summed E-state index contributed by atoms with van der Waals surface area (Å²) in [6, 6.07) is 48.5. The quantitative estimate of drug-likeness (QED) is 0.141. The number of rotatable bonds is 8. The smallest absolute Gasteiger partial charge is 0.247 e. The normalized spacial score (nSPS) is 13.4. The topological polar surface area (TPSA) is 6.48 Å². The van der Waals surface area contributed by atoms with Gasteiger partial charge in [-0.1, -0.05) is 168 Å². The molecule has 3 heterocycles. The van der Waals surface area contributed by atoms with E-state index in [0.29, 0.717) is 0 Å². The van der Waals surface area contributed by atoms with Crippen molar-refractivity contribution in [3.63, 3.8) is 0 Å². The van der Waals surface area contributed by atoms with Crippen LogP contribution in [0, 0.1) is 41.5 Å². The molecule has 0 saturated heterocycles. The van der Waals surface area contributed by atoms with Gasteiger partial charge >= 0.3 is 0 Å². The number of unbranched alkanes of at least 4 members (excludes halogenated alkanes) is 2. The number of anilines is 6. The minimum atomic E-state index is 0.0817. The van der Waals surface area contributed by atoms with Crippen molar-refractivity contribution in [2.24, 2.45) is 0 Å². The Morgan fingerprint density at radius 2 is 0.790 bits per heavy atom. The van der Waals surface area contributed by atoms with Gasteiger partial charge in [0, 0.05) is 11.4 Å². The molecule has 0 atom stereocenters. The van der Waals surface area contributed by atoms with Crippen LogP contribution < -0.4 is 42.6 Å². The van der Waals surface area contributed by atoms with E-state index in [9.17, 15) is 0 Å². The van der Waals surface area contributed by atoms with Gasteiger partial charge in [0.15, 0.2) is 0 Å². The van der Waals surface area contributed by atoms with E-state index in [1.165, 1.54) is 159 Å². The molecular weight excluding hydrogens is 746 g/mol. The number of hydrogen-bond donors (Lipinski definition) is 0. The number of nitrogens with zero attached hydrogens (tertiary/aromatic N) is 2. The summed E-state index contributed by atoms with van der Waals surface area (Å²) in [5.74, 6) is 0. The van der Waals surface area contributed by atoms with Gasteiger partial charge in [-0.15, -0.1) is 0 Å². The summed E-state index contributed by atoms with van der Waals surface area (Å²) >= 11 is 0. The molecule has 4 heteroatoms. The van der Waals surface area contributed by atoms with Gasteiger partial charge in [-0.2, -0.15) is 0 Å². The van der Waals surface area contributed by atoms with Crippen LogP contribution in [0.3, 0.4) is 0 Å². The van der Waals surface area contributed by atoms with Crippen LogP contribution >= 0.6 is 0 Å². The molecule has 0 unspecified atom stereocenters. The van der Waals surface area contributed by atoms with Gasteiger partial charge in [-0.05, 0) is 146 Å². The van der Waals surface area contributed by atoms with Crippen molar-refractivity contribution in [2.45, 2.75) is 93.9 Å². The van der Waals surface area contributed by atoms with Crippen molar-refractivity contribution in [1.82, 2.24) is 0 Å². The van der Waals surface area contributed by atoms with Gasteiger partial charge < -0.3 is 9.80 Å². The molecule has 0 aromatic heterocycles. The summed E-state index contributed by atoms with van der Waals surface area (Å²) < 4.78 is 0. The van der Waals surface area contributed by atoms with Crippen LogP contribution in [0.15, 0.2) is 121 Å². The van der Waals surface area contributed by atoms with Crippen molar-refractivity contribution >= 4 is 102 Å². The standard InChI is InChI=1S/C58H56B2N2/c1-9-11-15-41-21-23-43-33-53-49(31-45(43)29-41)59(55-37(5)25-35(3)26-38(55)6)47-17-13-20-52-57(47)61(53)51-19-14-18-48-58(51)62(52)54-34-44-24-22-42(16-12-10-2)30-46(44)32-50(54)60(48)56-39(7)27-36(4)28-40(56)8/h13-14,17-34H,9-12,15-16H2,1-8H3. The third kappa shape index (κ3) is 5.93. The first-order valence-corrected chi connectivity index (χ1v) is 23.3. The Kier molecular flexibility index (Phi) is 9.31. The Morgan fingerprint density at radius 3 is 1.18 bits per heavy atom. The Bertz CT molecular complexity index is 2900. The molecule has 62 heavy (non-hydrogen) atoms. The molecule has 304 valence electrons. The second-order valence-corrected chi connectivity index (χ2v) is 19.0. The van der Waals surface area contributed by atoms with E-state index in [4.69, 9.17) is 0 Å². The van der Waals surface area contributed by atoms with Gasteiger partial charge in [-0.25, -0.2) is 0 Å². The minimum absolute atomic E-state index is 0.0817. The number of aryl methyl sites for hydroxylation is 8. The first-order valence-electron chi connectivity index (χ1n) is 23.3. The average Bonchev–Trinajstić information content (AvgIpc) is 3.25. The van der Waals surface area contributed by atoms with E-state index < -0.39 is 0 Å². The Morgan fingerprint density at radius 1 is 0.387 bits per heavy atom. The summed E-state index contributed by atoms with van der Waals surface area (Å²) in [5.41, 5.74) is 27.0. The van der Waals surface area contributed by atoms with Gasteiger partial charge in [0.2, 0.25) is 13.4 Å². The van der Waals surface area contributed by atoms with E-state index in [1.54, 1.807) is 0 Å². The lowest BCUT2D eigenvalue weighted by Crippen LogP contribution is -2.61. The Labute approximate surface area is 369 Å². The molecule has 3 aliphatic heterocycles. The zero-order chi connectivity index (χ0) is 42.6. The molecule has 0 fully saturated rings. The largest absolute Gasteiger partial charge is 0.307 e. The maximum atomic E-state index is 2.66. The second-order valence-electron chi connectivity index (χ2n) is 19.0. The van der Waals surface area contributed by atoms with Gasteiger partial charge in [0.25, 0.3) is 0 Å². The molecular formula is C58H56B2N2. The molecule has 8 aromatic carbocycles. The number of fused-ring (bicyclic) bond motifs is 8. The molecule has 0 amide bonds. The van der Waals surface area contributed by atoms with E-state index >= 15 is 0 Å². The molecule has 0 N–H and O–H groups in total. The lowest BCUT2D eigenvalue weighted by molar-refractivity contribution is 0.796. The summed E-state index contributed by atoms with van der Waals surface area (Å²) in [6.07, 6.45) is 7.06. The van der Waals surface area contributed by atoms with Crippen molar-refractivity contribution in [3.05, 3.63) is 166 Å². The highest BCUT2D eigenvalue weighted by atomic mass is 15.3. The van der Waals surface area contributed by atoms with Crippen LogP contribution in [-0.4, -0.2) is 13.4 Å². The van der Waals surface area contributed by atoms with E-state index in [0.717, 1.165) is 12.8 Å². The molecule has 0 radical (unpaired) electrons. The van der Waals surface area contributed by atoms with Crippen LogP contribution in [0.5, 0.6) is 0 Å². The van der Waals surface area contributed by atoms with Gasteiger partial charge in [-0.3, -0.25) is 0 Å². The predicted octanol–water partition coefficient (Wildman–Crippen LogP) is 11.4. The summed E-state index contributed by atoms with van der Waals surface area (Å²) in [6.45, 7) is 18.5. The van der Waals surface area contributed by atoms with E-state index in [2.05, 4.69) is 187 Å².